The molecular weight excluding hydrogens is 188 g/mol. The predicted octanol–water partition coefficient (Wildman–Crippen LogP) is 2.87. The number of hydrogen-bond donors (Lipinski definition) is 1. The Labute approximate surface area is 91.2 Å². The minimum Gasteiger partial charge on any atom is -0.497 e. The van der Waals surface area contributed by atoms with Gasteiger partial charge in [-0.3, -0.25) is 0 Å². The van der Waals surface area contributed by atoms with Gasteiger partial charge in [0.05, 0.1) is 12.7 Å². The van der Waals surface area contributed by atoms with Crippen LogP contribution >= 0.6 is 0 Å². The molecule has 0 aliphatic rings. The molecule has 0 saturated carbocycles. The Morgan fingerprint density at radius 3 is 2.40 bits per heavy atom. The second kappa shape index (κ2) is 4.99. The zero-order chi connectivity index (χ0) is 11.3. The number of hydrogen-bond acceptors (Lipinski definition) is 2. The molecule has 0 aromatic heterocycles. The topological polar surface area (TPSA) is 29.5 Å². The fourth-order valence-corrected chi connectivity index (χ4v) is 1.42. The van der Waals surface area contributed by atoms with Gasteiger partial charge in [0.25, 0.3) is 0 Å². The van der Waals surface area contributed by atoms with E-state index >= 15 is 0 Å². The van der Waals surface area contributed by atoms with Gasteiger partial charge in [0.15, 0.2) is 0 Å². The Hall–Kier alpha value is -1.28. The van der Waals surface area contributed by atoms with Crippen molar-refractivity contribution in [3.8, 4) is 5.75 Å². The standard InChI is InChI=1S/C13H18O2/c1-4-5-10-13(2,14)11-6-8-12(15-3)9-7-11/h4-9,14H,10H2,1-3H3/b5-4+. The van der Waals surface area contributed by atoms with E-state index in [1.54, 1.807) is 7.11 Å². The molecule has 1 atom stereocenters. The lowest BCUT2D eigenvalue weighted by Crippen LogP contribution is -2.19. The Balaban J connectivity index is 2.84. The van der Waals surface area contributed by atoms with Crippen molar-refractivity contribution in [2.75, 3.05) is 7.11 Å². The maximum Gasteiger partial charge on any atom is 0.118 e. The molecule has 82 valence electrons. The third kappa shape index (κ3) is 3.10. The lowest BCUT2D eigenvalue weighted by Gasteiger charge is -2.22. The van der Waals surface area contributed by atoms with E-state index in [2.05, 4.69) is 0 Å². The molecule has 2 heteroatoms. The normalized spacial score (nSPS) is 15.2. The van der Waals surface area contributed by atoms with Crippen LogP contribution in [0.15, 0.2) is 36.4 Å². The average Bonchev–Trinajstić information content (AvgIpc) is 2.26. The Kier molecular flexibility index (Phi) is 3.92. The van der Waals surface area contributed by atoms with Gasteiger partial charge in [-0.1, -0.05) is 24.3 Å². The summed E-state index contributed by atoms with van der Waals surface area (Å²) in [4.78, 5) is 0. The molecule has 0 fully saturated rings. The molecule has 0 saturated heterocycles. The van der Waals surface area contributed by atoms with Gasteiger partial charge in [0, 0.05) is 0 Å². The van der Waals surface area contributed by atoms with Crippen molar-refractivity contribution in [3.63, 3.8) is 0 Å². The minimum absolute atomic E-state index is 0.621. The molecule has 0 bridgehead atoms. The third-order valence-electron chi connectivity index (χ3n) is 2.46. The van der Waals surface area contributed by atoms with E-state index in [1.165, 1.54) is 0 Å². The number of aliphatic hydroxyl groups is 1. The largest absolute Gasteiger partial charge is 0.497 e. The van der Waals surface area contributed by atoms with E-state index in [0.717, 1.165) is 11.3 Å². The van der Waals surface area contributed by atoms with E-state index in [9.17, 15) is 5.11 Å². The molecule has 0 aliphatic carbocycles. The van der Waals surface area contributed by atoms with Gasteiger partial charge in [-0.2, -0.15) is 0 Å². The quantitative estimate of drug-likeness (QED) is 0.767. The molecule has 1 rings (SSSR count). The molecule has 15 heavy (non-hydrogen) atoms. The van der Waals surface area contributed by atoms with Crippen LogP contribution in [-0.2, 0) is 5.60 Å². The Morgan fingerprint density at radius 1 is 1.33 bits per heavy atom. The summed E-state index contributed by atoms with van der Waals surface area (Å²) >= 11 is 0. The summed E-state index contributed by atoms with van der Waals surface area (Å²) in [5.74, 6) is 0.806. The highest BCUT2D eigenvalue weighted by Crippen LogP contribution is 2.26. The molecule has 0 heterocycles. The Bertz CT molecular complexity index is 323. The van der Waals surface area contributed by atoms with Crippen LogP contribution in [-0.4, -0.2) is 12.2 Å². The van der Waals surface area contributed by atoms with E-state index in [0.29, 0.717) is 6.42 Å². The van der Waals surface area contributed by atoms with Crippen molar-refractivity contribution >= 4 is 0 Å². The highest BCUT2D eigenvalue weighted by atomic mass is 16.5. The summed E-state index contributed by atoms with van der Waals surface area (Å²) < 4.78 is 5.07. The van der Waals surface area contributed by atoms with Gasteiger partial charge in [-0.15, -0.1) is 0 Å². The molecule has 0 amide bonds. The van der Waals surface area contributed by atoms with Crippen LogP contribution < -0.4 is 4.74 Å². The number of methoxy groups -OCH3 is 1. The smallest absolute Gasteiger partial charge is 0.118 e. The van der Waals surface area contributed by atoms with E-state index in [1.807, 2.05) is 50.3 Å². The molecule has 1 aromatic rings. The molecular formula is C13H18O2. The van der Waals surface area contributed by atoms with Gasteiger partial charge < -0.3 is 9.84 Å². The Morgan fingerprint density at radius 2 is 1.93 bits per heavy atom. The predicted molar refractivity (Wildman–Crippen MR) is 62.0 cm³/mol. The summed E-state index contributed by atoms with van der Waals surface area (Å²) in [6, 6.07) is 7.50. The monoisotopic (exact) mass is 206 g/mol. The molecule has 0 radical (unpaired) electrons. The first-order valence-electron chi connectivity index (χ1n) is 5.08. The molecule has 1 unspecified atom stereocenters. The SMILES string of the molecule is C/C=C/CC(C)(O)c1ccc(OC)cc1. The lowest BCUT2D eigenvalue weighted by atomic mass is 9.92. The summed E-state index contributed by atoms with van der Waals surface area (Å²) in [6.07, 6.45) is 4.53. The number of benzene rings is 1. The summed E-state index contributed by atoms with van der Waals surface area (Å²) in [7, 11) is 1.63. The second-order valence-corrected chi connectivity index (χ2v) is 3.78. The summed E-state index contributed by atoms with van der Waals surface area (Å²) in [6.45, 7) is 3.76. The lowest BCUT2D eigenvalue weighted by molar-refractivity contribution is 0.0605. The van der Waals surface area contributed by atoms with Crippen molar-refractivity contribution in [2.45, 2.75) is 25.9 Å². The van der Waals surface area contributed by atoms with Gasteiger partial charge in [-0.05, 0) is 38.0 Å². The highest BCUT2D eigenvalue weighted by molar-refractivity contribution is 5.30. The maximum atomic E-state index is 10.2. The molecule has 2 nitrogen and oxygen atoms in total. The number of ether oxygens (including phenoxy) is 1. The van der Waals surface area contributed by atoms with Gasteiger partial charge in [0.1, 0.15) is 5.75 Å². The maximum absolute atomic E-state index is 10.2. The zero-order valence-corrected chi connectivity index (χ0v) is 9.53. The van der Waals surface area contributed by atoms with Crippen LogP contribution in [0.25, 0.3) is 0 Å². The second-order valence-electron chi connectivity index (χ2n) is 3.78. The fourth-order valence-electron chi connectivity index (χ4n) is 1.42. The molecule has 0 aliphatic heterocycles. The first-order valence-corrected chi connectivity index (χ1v) is 5.08. The van der Waals surface area contributed by atoms with E-state index < -0.39 is 5.60 Å². The number of allylic oxidation sites excluding steroid dienone is 1. The first kappa shape index (κ1) is 11.8. The minimum atomic E-state index is -0.807. The van der Waals surface area contributed by atoms with Gasteiger partial charge in [-0.25, -0.2) is 0 Å². The molecule has 1 aromatic carbocycles. The summed E-state index contributed by atoms with van der Waals surface area (Å²) in [5.41, 5.74) is 0.0973. The van der Waals surface area contributed by atoms with Crippen molar-refractivity contribution in [1.29, 1.82) is 0 Å². The average molecular weight is 206 g/mol. The van der Waals surface area contributed by atoms with Crippen LogP contribution in [0, 0.1) is 0 Å². The molecule has 0 spiro atoms. The van der Waals surface area contributed by atoms with E-state index in [-0.39, 0.29) is 0 Å². The van der Waals surface area contributed by atoms with Gasteiger partial charge in [0.2, 0.25) is 0 Å². The third-order valence-corrected chi connectivity index (χ3v) is 2.46. The van der Waals surface area contributed by atoms with Crippen LogP contribution in [0.2, 0.25) is 0 Å². The van der Waals surface area contributed by atoms with E-state index in [4.69, 9.17) is 4.74 Å². The van der Waals surface area contributed by atoms with Crippen LogP contribution in [0.5, 0.6) is 5.75 Å². The van der Waals surface area contributed by atoms with Crippen LogP contribution in [0.1, 0.15) is 25.8 Å². The van der Waals surface area contributed by atoms with Crippen LogP contribution in [0.4, 0.5) is 0 Å². The fraction of sp³-hybridized carbons (Fsp3) is 0.385. The van der Waals surface area contributed by atoms with Crippen molar-refractivity contribution in [3.05, 3.63) is 42.0 Å². The molecule has 1 N–H and O–H groups in total. The summed E-state index contributed by atoms with van der Waals surface area (Å²) in [5, 5.41) is 10.2. The van der Waals surface area contributed by atoms with Crippen molar-refractivity contribution < 1.29 is 9.84 Å². The van der Waals surface area contributed by atoms with Gasteiger partial charge >= 0.3 is 0 Å². The van der Waals surface area contributed by atoms with Crippen molar-refractivity contribution in [1.82, 2.24) is 0 Å². The van der Waals surface area contributed by atoms with Crippen LogP contribution in [0.3, 0.4) is 0 Å². The zero-order valence-electron chi connectivity index (χ0n) is 9.53. The first-order chi connectivity index (χ1) is 7.10. The number of rotatable bonds is 4. The highest BCUT2D eigenvalue weighted by Gasteiger charge is 2.20. The van der Waals surface area contributed by atoms with Crippen molar-refractivity contribution in [2.24, 2.45) is 0 Å².